The van der Waals surface area contributed by atoms with Crippen molar-refractivity contribution in [2.45, 2.75) is 13.0 Å². The molecule has 1 aliphatic carbocycles. The van der Waals surface area contributed by atoms with Gasteiger partial charge in [-0.15, -0.1) is 0 Å². The summed E-state index contributed by atoms with van der Waals surface area (Å²) >= 11 is 0. The van der Waals surface area contributed by atoms with Crippen LogP contribution in [0.25, 0.3) is 6.08 Å². The lowest BCUT2D eigenvalue weighted by Crippen LogP contribution is -2.13. The number of benzene rings is 2. The zero-order valence-corrected chi connectivity index (χ0v) is 11.4. The minimum Gasteiger partial charge on any atom is -0.387 e. The van der Waals surface area contributed by atoms with E-state index in [0.717, 1.165) is 16.7 Å². The van der Waals surface area contributed by atoms with E-state index in [4.69, 9.17) is 0 Å². The van der Waals surface area contributed by atoms with E-state index in [0.29, 0.717) is 0 Å². The van der Waals surface area contributed by atoms with E-state index in [9.17, 15) is 5.11 Å². The van der Waals surface area contributed by atoms with E-state index in [-0.39, 0.29) is 5.92 Å². The highest BCUT2D eigenvalue weighted by molar-refractivity contribution is 5.59. The van der Waals surface area contributed by atoms with Crippen LogP contribution in [0.15, 0.2) is 54.6 Å². The first-order chi connectivity index (χ1) is 9.74. The molecule has 2 aromatic carbocycles. The van der Waals surface area contributed by atoms with Gasteiger partial charge >= 0.3 is 0 Å². The Labute approximate surface area is 119 Å². The smallest absolute Gasteiger partial charge is 0.0968 e. The maximum Gasteiger partial charge on any atom is 0.0968 e. The third-order valence-electron chi connectivity index (χ3n) is 3.57. The molecule has 3 rings (SSSR count). The average molecular weight is 260 g/mol. The zero-order valence-electron chi connectivity index (χ0n) is 11.4. The first kappa shape index (κ1) is 12.7. The molecule has 2 atom stereocenters. The van der Waals surface area contributed by atoms with Crippen molar-refractivity contribution in [1.82, 2.24) is 0 Å². The molecule has 2 aromatic rings. The number of aliphatic hydroxyl groups excluding tert-OH is 1. The topological polar surface area (TPSA) is 20.2 Å². The summed E-state index contributed by atoms with van der Waals surface area (Å²) in [7, 11) is 0. The van der Waals surface area contributed by atoms with Crippen LogP contribution in [0, 0.1) is 24.7 Å². The molecule has 0 saturated heterocycles. The summed E-state index contributed by atoms with van der Waals surface area (Å²) in [4.78, 5) is 0. The summed E-state index contributed by atoms with van der Waals surface area (Å²) in [5, 5.41) is 10.4. The Bertz CT molecular complexity index is 699. The van der Waals surface area contributed by atoms with Gasteiger partial charge in [0.05, 0.1) is 12.0 Å². The second kappa shape index (κ2) is 5.36. The molecule has 1 N–H and O–H groups in total. The summed E-state index contributed by atoms with van der Waals surface area (Å²) in [6, 6.07) is 16.0. The van der Waals surface area contributed by atoms with E-state index < -0.39 is 6.10 Å². The Morgan fingerprint density at radius 3 is 2.55 bits per heavy atom. The number of fused-ring (bicyclic) bond motifs is 1. The molecular weight excluding hydrogens is 244 g/mol. The molecule has 0 saturated carbocycles. The van der Waals surface area contributed by atoms with Crippen LogP contribution < -0.4 is 0 Å². The van der Waals surface area contributed by atoms with Gasteiger partial charge in [-0.2, -0.15) is 0 Å². The Kier molecular flexibility index (Phi) is 3.41. The maximum atomic E-state index is 10.4. The highest BCUT2D eigenvalue weighted by Crippen LogP contribution is 2.31. The quantitative estimate of drug-likeness (QED) is 0.716. The first-order valence-electron chi connectivity index (χ1n) is 6.77. The highest BCUT2D eigenvalue weighted by Gasteiger charge is 2.21. The summed E-state index contributed by atoms with van der Waals surface area (Å²) < 4.78 is 0. The first-order valence-corrected chi connectivity index (χ1v) is 6.77. The van der Waals surface area contributed by atoms with Gasteiger partial charge in [0.25, 0.3) is 0 Å². The van der Waals surface area contributed by atoms with Crippen LogP contribution in [0.5, 0.6) is 0 Å². The third kappa shape index (κ3) is 2.52. The molecule has 0 spiro atoms. The zero-order chi connectivity index (χ0) is 13.9. The molecule has 1 aliphatic rings. The summed E-state index contributed by atoms with van der Waals surface area (Å²) in [6.07, 6.45) is 3.47. The molecule has 0 fully saturated rings. The fraction of sp³-hybridized carbons (Fsp3) is 0.158. The van der Waals surface area contributed by atoms with Crippen LogP contribution >= 0.6 is 0 Å². The van der Waals surface area contributed by atoms with Gasteiger partial charge in [-0.1, -0.05) is 66.0 Å². The average Bonchev–Trinajstić information content (AvgIpc) is 2.49. The van der Waals surface area contributed by atoms with Crippen molar-refractivity contribution in [2.24, 2.45) is 5.92 Å². The monoisotopic (exact) mass is 260 g/mol. The lowest BCUT2D eigenvalue weighted by Gasteiger charge is -2.21. The standard InChI is InChI=1S/C19H16O/c1-14-6-8-15(9-7-14)10-11-17-13-12-16-4-2-3-5-18(16)19(17)20/h2-9,12-13,17,19-20H,1H3. The van der Waals surface area contributed by atoms with Gasteiger partial charge in [-0.3, -0.25) is 0 Å². The highest BCUT2D eigenvalue weighted by atomic mass is 16.3. The SMILES string of the molecule is Cc1ccc(C#CC2C=Cc3ccccc3C2O)cc1. The molecule has 0 aliphatic heterocycles. The van der Waals surface area contributed by atoms with Gasteiger partial charge < -0.3 is 5.11 Å². The molecule has 98 valence electrons. The van der Waals surface area contributed by atoms with E-state index in [1.165, 1.54) is 5.56 Å². The second-order valence-electron chi connectivity index (χ2n) is 5.09. The van der Waals surface area contributed by atoms with Crippen LogP contribution in [0.3, 0.4) is 0 Å². The normalized spacial score (nSPS) is 19.9. The van der Waals surface area contributed by atoms with Crippen LogP contribution in [-0.2, 0) is 0 Å². The van der Waals surface area contributed by atoms with E-state index >= 15 is 0 Å². The molecule has 1 nitrogen and oxygen atoms in total. The van der Waals surface area contributed by atoms with Crippen molar-refractivity contribution in [2.75, 3.05) is 0 Å². The fourth-order valence-corrected chi connectivity index (χ4v) is 2.37. The van der Waals surface area contributed by atoms with Crippen molar-refractivity contribution < 1.29 is 5.11 Å². The Balaban J connectivity index is 1.86. The van der Waals surface area contributed by atoms with Crippen molar-refractivity contribution >= 4 is 6.08 Å². The molecule has 1 heteroatoms. The van der Waals surface area contributed by atoms with Crippen molar-refractivity contribution in [1.29, 1.82) is 0 Å². The maximum absolute atomic E-state index is 10.4. The van der Waals surface area contributed by atoms with Gasteiger partial charge in [0.1, 0.15) is 0 Å². The molecule has 20 heavy (non-hydrogen) atoms. The van der Waals surface area contributed by atoms with Crippen molar-refractivity contribution in [3.8, 4) is 11.8 Å². The fourth-order valence-electron chi connectivity index (χ4n) is 2.37. The van der Waals surface area contributed by atoms with Gasteiger partial charge in [-0.05, 0) is 30.2 Å². The molecule has 0 radical (unpaired) electrons. The predicted molar refractivity (Wildman–Crippen MR) is 82.0 cm³/mol. The number of hydrogen-bond acceptors (Lipinski definition) is 1. The van der Waals surface area contributed by atoms with E-state index in [1.54, 1.807) is 0 Å². The van der Waals surface area contributed by atoms with Crippen molar-refractivity contribution in [3.05, 3.63) is 76.9 Å². The third-order valence-corrected chi connectivity index (χ3v) is 3.57. The van der Waals surface area contributed by atoms with E-state index in [1.807, 2.05) is 60.7 Å². The van der Waals surface area contributed by atoms with Gasteiger partial charge in [0.15, 0.2) is 0 Å². The molecular formula is C19H16O. The van der Waals surface area contributed by atoms with Gasteiger partial charge in [0.2, 0.25) is 0 Å². The molecule has 2 unspecified atom stereocenters. The summed E-state index contributed by atoms with van der Waals surface area (Å²) in [5.41, 5.74) is 4.24. The Morgan fingerprint density at radius 1 is 1.00 bits per heavy atom. The van der Waals surface area contributed by atoms with Gasteiger partial charge in [-0.25, -0.2) is 0 Å². The predicted octanol–water partition coefficient (Wildman–Crippen LogP) is 3.72. The second-order valence-corrected chi connectivity index (χ2v) is 5.09. The minimum absolute atomic E-state index is 0.147. The lowest BCUT2D eigenvalue weighted by atomic mass is 9.87. The molecule has 0 amide bonds. The van der Waals surface area contributed by atoms with Gasteiger partial charge in [0, 0.05) is 5.56 Å². The van der Waals surface area contributed by atoms with Crippen LogP contribution in [0.1, 0.15) is 28.4 Å². The molecule has 0 bridgehead atoms. The minimum atomic E-state index is -0.547. The Hall–Kier alpha value is -2.30. The number of hydrogen-bond donors (Lipinski definition) is 1. The largest absolute Gasteiger partial charge is 0.387 e. The molecule has 0 heterocycles. The number of aryl methyl sites for hydroxylation is 1. The summed E-state index contributed by atoms with van der Waals surface area (Å²) in [6.45, 7) is 2.06. The summed E-state index contributed by atoms with van der Waals surface area (Å²) in [5.74, 6) is 6.16. The van der Waals surface area contributed by atoms with Crippen LogP contribution in [-0.4, -0.2) is 5.11 Å². The Morgan fingerprint density at radius 2 is 1.75 bits per heavy atom. The molecule has 0 aromatic heterocycles. The number of aliphatic hydroxyl groups is 1. The van der Waals surface area contributed by atoms with E-state index in [2.05, 4.69) is 18.8 Å². The van der Waals surface area contributed by atoms with Crippen molar-refractivity contribution in [3.63, 3.8) is 0 Å². The lowest BCUT2D eigenvalue weighted by molar-refractivity contribution is 0.153. The number of rotatable bonds is 0. The van der Waals surface area contributed by atoms with Crippen LogP contribution in [0.4, 0.5) is 0 Å². The van der Waals surface area contributed by atoms with Crippen LogP contribution in [0.2, 0.25) is 0 Å².